The Kier molecular flexibility index (Phi) is 6.01. The van der Waals surface area contributed by atoms with Crippen LogP contribution in [0.25, 0.3) is 0 Å². The van der Waals surface area contributed by atoms with Crippen LogP contribution in [0.5, 0.6) is 0 Å². The van der Waals surface area contributed by atoms with Crippen LogP contribution < -0.4 is 5.32 Å². The molecule has 0 aliphatic rings. The van der Waals surface area contributed by atoms with Crippen molar-refractivity contribution in [2.45, 2.75) is 32.6 Å². The van der Waals surface area contributed by atoms with Crippen molar-refractivity contribution in [2.24, 2.45) is 5.92 Å². The minimum Gasteiger partial charge on any atom is -0.319 e. The Bertz CT molecular complexity index is 513. The van der Waals surface area contributed by atoms with Crippen LogP contribution in [0.4, 0.5) is 0 Å². The fourth-order valence-corrected chi connectivity index (χ4v) is 2.82. The molecular weight excluding hydrogens is 254 g/mol. The Morgan fingerprint density at radius 3 is 1.90 bits per heavy atom. The molecule has 0 amide bonds. The van der Waals surface area contributed by atoms with Gasteiger partial charge in [-0.2, -0.15) is 0 Å². The third-order valence-corrected chi connectivity index (χ3v) is 4.03. The predicted octanol–water partition coefficient (Wildman–Crippen LogP) is 4.43. The maximum Gasteiger partial charge on any atom is -0.00172 e. The van der Waals surface area contributed by atoms with Gasteiger partial charge in [-0.05, 0) is 55.0 Å². The topological polar surface area (TPSA) is 12.0 Å². The van der Waals surface area contributed by atoms with E-state index in [0.29, 0.717) is 11.8 Å². The van der Waals surface area contributed by atoms with E-state index < -0.39 is 0 Å². The van der Waals surface area contributed by atoms with Gasteiger partial charge < -0.3 is 5.32 Å². The van der Waals surface area contributed by atoms with Gasteiger partial charge in [0.05, 0.1) is 0 Å². The van der Waals surface area contributed by atoms with Gasteiger partial charge in [0.2, 0.25) is 0 Å². The van der Waals surface area contributed by atoms with Gasteiger partial charge in [0.15, 0.2) is 0 Å². The monoisotopic (exact) mass is 281 g/mol. The van der Waals surface area contributed by atoms with E-state index in [2.05, 4.69) is 73.8 Å². The smallest absolute Gasteiger partial charge is 0.00172 e. The lowest BCUT2D eigenvalue weighted by Crippen LogP contribution is -2.22. The summed E-state index contributed by atoms with van der Waals surface area (Å²) in [4.78, 5) is 0. The fourth-order valence-electron chi connectivity index (χ4n) is 2.82. The molecule has 1 heteroatoms. The number of hydrogen-bond donors (Lipinski definition) is 1. The van der Waals surface area contributed by atoms with Gasteiger partial charge in [0, 0.05) is 0 Å². The van der Waals surface area contributed by atoms with Crippen LogP contribution in [0.2, 0.25) is 0 Å². The zero-order chi connectivity index (χ0) is 15.1. The third kappa shape index (κ3) is 5.02. The highest BCUT2D eigenvalue weighted by molar-refractivity contribution is 5.25. The van der Waals surface area contributed by atoms with Crippen LogP contribution >= 0.6 is 0 Å². The van der Waals surface area contributed by atoms with Crippen LogP contribution in [-0.4, -0.2) is 13.6 Å². The maximum atomic E-state index is 3.34. The summed E-state index contributed by atoms with van der Waals surface area (Å²) in [5.74, 6) is 1.25. The van der Waals surface area contributed by atoms with Crippen LogP contribution in [-0.2, 0) is 12.8 Å². The lowest BCUT2D eigenvalue weighted by molar-refractivity contribution is 0.493. The summed E-state index contributed by atoms with van der Waals surface area (Å²) in [5.41, 5.74) is 4.29. The highest BCUT2D eigenvalue weighted by Crippen LogP contribution is 2.18. The van der Waals surface area contributed by atoms with Gasteiger partial charge in [0.25, 0.3) is 0 Å². The Balaban J connectivity index is 2.02. The lowest BCUT2D eigenvalue weighted by atomic mass is 9.91. The van der Waals surface area contributed by atoms with Gasteiger partial charge in [-0.25, -0.2) is 0 Å². The van der Waals surface area contributed by atoms with Crippen LogP contribution in [0, 0.1) is 5.92 Å². The molecule has 0 bridgehead atoms. The Labute approximate surface area is 129 Å². The van der Waals surface area contributed by atoms with Gasteiger partial charge in [-0.15, -0.1) is 0 Å². The summed E-state index contributed by atoms with van der Waals surface area (Å²) in [6.45, 7) is 5.54. The predicted molar refractivity (Wildman–Crippen MR) is 91.8 cm³/mol. The van der Waals surface area contributed by atoms with Crippen LogP contribution in [0.3, 0.4) is 0 Å². The SMILES string of the molecule is CNCC(Cc1ccccc1)Cc1ccc(C(C)C)cc1. The molecule has 2 rings (SSSR count). The van der Waals surface area contributed by atoms with Crippen LogP contribution in [0.15, 0.2) is 54.6 Å². The number of benzene rings is 2. The summed E-state index contributed by atoms with van der Waals surface area (Å²) in [6, 6.07) is 19.9. The molecular formula is C20H27N. The molecule has 0 aromatic heterocycles. The first-order valence-electron chi connectivity index (χ1n) is 7.96. The molecule has 0 spiro atoms. The van der Waals surface area contributed by atoms with Crippen molar-refractivity contribution in [2.75, 3.05) is 13.6 Å². The summed E-state index contributed by atoms with van der Waals surface area (Å²) in [6.07, 6.45) is 2.27. The lowest BCUT2D eigenvalue weighted by Gasteiger charge is -2.17. The minimum absolute atomic E-state index is 0.608. The second kappa shape index (κ2) is 7.99. The Hall–Kier alpha value is -1.60. The zero-order valence-corrected chi connectivity index (χ0v) is 13.5. The Morgan fingerprint density at radius 1 is 0.810 bits per heavy atom. The summed E-state index contributed by atoms with van der Waals surface area (Å²) in [7, 11) is 2.04. The average Bonchev–Trinajstić information content (AvgIpc) is 2.49. The molecule has 112 valence electrons. The average molecular weight is 281 g/mol. The molecule has 0 radical (unpaired) electrons. The van der Waals surface area contributed by atoms with Gasteiger partial charge in [-0.3, -0.25) is 0 Å². The zero-order valence-electron chi connectivity index (χ0n) is 13.5. The molecule has 0 heterocycles. The molecule has 0 saturated carbocycles. The molecule has 0 fully saturated rings. The van der Waals surface area contributed by atoms with E-state index in [4.69, 9.17) is 0 Å². The highest BCUT2D eigenvalue weighted by Gasteiger charge is 2.10. The van der Waals surface area contributed by atoms with Crippen molar-refractivity contribution in [3.05, 3.63) is 71.3 Å². The van der Waals surface area contributed by atoms with Gasteiger partial charge in [-0.1, -0.05) is 68.4 Å². The first-order valence-corrected chi connectivity index (χ1v) is 7.96. The quantitative estimate of drug-likeness (QED) is 0.791. The molecule has 0 aliphatic heterocycles. The highest BCUT2D eigenvalue weighted by atomic mass is 14.8. The molecule has 2 aromatic carbocycles. The molecule has 1 N–H and O–H groups in total. The largest absolute Gasteiger partial charge is 0.319 e. The first kappa shape index (κ1) is 15.8. The van der Waals surface area contributed by atoms with Gasteiger partial charge >= 0.3 is 0 Å². The molecule has 0 saturated heterocycles. The normalized spacial score (nSPS) is 12.6. The van der Waals surface area contributed by atoms with Crippen molar-refractivity contribution >= 4 is 0 Å². The van der Waals surface area contributed by atoms with Gasteiger partial charge in [0.1, 0.15) is 0 Å². The Morgan fingerprint density at radius 2 is 1.38 bits per heavy atom. The maximum absolute atomic E-state index is 3.34. The first-order chi connectivity index (χ1) is 10.2. The van der Waals surface area contributed by atoms with Crippen molar-refractivity contribution < 1.29 is 0 Å². The van der Waals surface area contributed by atoms with E-state index >= 15 is 0 Å². The van der Waals surface area contributed by atoms with E-state index in [1.807, 2.05) is 7.05 Å². The molecule has 1 unspecified atom stereocenters. The van der Waals surface area contributed by atoms with E-state index in [0.717, 1.165) is 19.4 Å². The minimum atomic E-state index is 0.608. The summed E-state index contributed by atoms with van der Waals surface area (Å²) >= 11 is 0. The van der Waals surface area contributed by atoms with Crippen molar-refractivity contribution in [1.29, 1.82) is 0 Å². The molecule has 1 nitrogen and oxygen atoms in total. The second-order valence-corrected chi connectivity index (χ2v) is 6.21. The third-order valence-electron chi connectivity index (χ3n) is 4.03. The van der Waals surface area contributed by atoms with E-state index in [1.165, 1.54) is 16.7 Å². The summed E-state index contributed by atoms with van der Waals surface area (Å²) < 4.78 is 0. The van der Waals surface area contributed by atoms with E-state index in [1.54, 1.807) is 0 Å². The van der Waals surface area contributed by atoms with E-state index in [9.17, 15) is 0 Å². The molecule has 2 aromatic rings. The van der Waals surface area contributed by atoms with Crippen molar-refractivity contribution in [3.63, 3.8) is 0 Å². The second-order valence-electron chi connectivity index (χ2n) is 6.21. The van der Waals surface area contributed by atoms with Crippen LogP contribution in [0.1, 0.15) is 36.5 Å². The molecule has 21 heavy (non-hydrogen) atoms. The van der Waals surface area contributed by atoms with E-state index in [-0.39, 0.29) is 0 Å². The summed E-state index contributed by atoms with van der Waals surface area (Å²) in [5, 5.41) is 3.34. The number of hydrogen-bond acceptors (Lipinski definition) is 1. The van der Waals surface area contributed by atoms with Crippen molar-refractivity contribution in [3.8, 4) is 0 Å². The molecule has 1 atom stereocenters. The number of rotatable bonds is 7. The molecule has 0 aliphatic carbocycles. The fraction of sp³-hybridized carbons (Fsp3) is 0.400. The van der Waals surface area contributed by atoms with Crippen molar-refractivity contribution in [1.82, 2.24) is 5.32 Å². The standard InChI is InChI=1S/C20H27N/c1-16(2)20-11-9-18(10-12-20)14-19(15-21-3)13-17-7-5-4-6-8-17/h4-12,16,19,21H,13-15H2,1-3H3. The number of nitrogens with one attached hydrogen (secondary N) is 1.